The molecule has 4 heteroatoms. The van der Waals surface area contributed by atoms with Gasteiger partial charge in [0.25, 0.3) is 0 Å². The van der Waals surface area contributed by atoms with Crippen LogP contribution in [0.15, 0.2) is 36.4 Å². The van der Waals surface area contributed by atoms with Crippen LogP contribution in [0.5, 0.6) is 0 Å². The predicted molar refractivity (Wildman–Crippen MR) is 79.3 cm³/mol. The second-order valence-electron chi connectivity index (χ2n) is 4.46. The Morgan fingerprint density at radius 3 is 2.42 bits per heavy atom. The number of pyridine rings is 2. The molecular formula is C15H20N4. The average molecular weight is 256 g/mol. The van der Waals surface area contributed by atoms with Gasteiger partial charge < -0.3 is 10.6 Å². The van der Waals surface area contributed by atoms with E-state index in [4.69, 9.17) is 0 Å². The van der Waals surface area contributed by atoms with Gasteiger partial charge in [-0.3, -0.25) is 4.98 Å². The zero-order valence-electron chi connectivity index (χ0n) is 11.5. The number of rotatable bonds is 6. The molecular weight excluding hydrogens is 236 g/mol. The molecule has 100 valence electrons. The summed E-state index contributed by atoms with van der Waals surface area (Å²) in [6, 6.07) is 12.0. The molecule has 2 aromatic heterocycles. The molecule has 0 atom stereocenters. The zero-order valence-corrected chi connectivity index (χ0v) is 11.5. The molecule has 0 saturated carbocycles. The smallest absolute Gasteiger partial charge is 0.128 e. The predicted octanol–water partition coefficient (Wildman–Crippen LogP) is 3.22. The summed E-state index contributed by atoms with van der Waals surface area (Å²) in [6.45, 7) is 5.76. The van der Waals surface area contributed by atoms with E-state index in [2.05, 4.69) is 27.5 Å². The molecule has 2 aromatic rings. The average Bonchev–Trinajstić information content (AvgIpc) is 2.43. The van der Waals surface area contributed by atoms with Gasteiger partial charge in [-0.1, -0.05) is 19.1 Å². The van der Waals surface area contributed by atoms with E-state index in [0.29, 0.717) is 6.54 Å². The fourth-order valence-corrected chi connectivity index (χ4v) is 1.76. The van der Waals surface area contributed by atoms with Crippen LogP contribution in [0.3, 0.4) is 0 Å². The Kier molecular flexibility index (Phi) is 4.72. The first-order chi connectivity index (χ1) is 9.28. The first-order valence-corrected chi connectivity index (χ1v) is 6.65. The highest BCUT2D eigenvalue weighted by atomic mass is 15.1. The molecule has 0 amide bonds. The minimum absolute atomic E-state index is 0.686. The van der Waals surface area contributed by atoms with E-state index in [1.807, 2.05) is 43.3 Å². The van der Waals surface area contributed by atoms with Gasteiger partial charge in [0.1, 0.15) is 11.6 Å². The van der Waals surface area contributed by atoms with Crippen molar-refractivity contribution < 1.29 is 0 Å². The van der Waals surface area contributed by atoms with E-state index in [1.165, 1.54) is 0 Å². The lowest BCUT2D eigenvalue weighted by molar-refractivity contribution is 0.965. The summed E-state index contributed by atoms with van der Waals surface area (Å²) in [5.41, 5.74) is 2.05. The van der Waals surface area contributed by atoms with E-state index >= 15 is 0 Å². The third-order valence-electron chi connectivity index (χ3n) is 2.70. The molecule has 0 aromatic carbocycles. The van der Waals surface area contributed by atoms with Gasteiger partial charge in [0, 0.05) is 12.2 Å². The molecule has 0 aliphatic carbocycles. The molecule has 0 saturated heterocycles. The van der Waals surface area contributed by atoms with Crippen molar-refractivity contribution in [1.29, 1.82) is 0 Å². The van der Waals surface area contributed by atoms with Crippen molar-refractivity contribution in [1.82, 2.24) is 9.97 Å². The fraction of sp³-hybridized carbons (Fsp3) is 0.333. The summed E-state index contributed by atoms with van der Waals surface area (Å²) in [4.78, 5) is 8.95. The van der Waals surface area contributed by atoms with Crippen molar-refractivity contribution in [2.75, 3.05) is 17.2 Å². The van der Waals surface area contributed by atoms with Crippen LogP contribution in [-0.4, -0.2) is 16.5 Å². The Bertz CT molecular complexity index is 525. The zero-order chi connectivity index (χ0) is 13.5. The van der Waals surface area contributed by atoms with E-state index in [9.17, 15) is 0 Å². The highest BCUT2D eigenvalue weighted by molar-refractivity contribution is 5.45. The molecule has 0 aliphatic heterocycles. The molecule has 4 nitrogen and oxygen atoms in total. The van der Waals surface area contributed by atoms with Crippen LogP contribution >= 0.6 is 0 Å². The van der Waals surface area contributed by atoms with Crippen molar-refractivity contribution in [3.05, 3.63) is 47.8 Å². The summed E-state index contributed by atoms with van der Waals surface area (Å²) in [5.74, 6) is 1.77. The first-order valence-electron chi connectivity index (χ1n) is 6.65. The van der Waals surface area contributed by atoms with Crippen LogP contribution < -0.4 is 10.6 Å². The quantitative estimate of drug-likeness (QED) is 0.833. The summed E-state index contributed by atoms with van der Waals surface area (Å²) < 4.78 is 0. The lowest BCUT2D eigenvalue weighted by Crippen LogP contribution is -2.06. The van der Waals surface area contributed by atoms with Crippen molar-refractivity contribution in [2.45, 2.75) is 26.8 Å². The minimum Gasteiger partial charge on any atom is -0.370 e. The Labute approximate surface area is 114 Å². The van der Waals surface area contributed by atoms with E-state index in [1.54, 1.807) is 0 Å². The van der Waals surface area contributed by atoms with Gasteiger partial charge >= 0.3 is 0 Å². The topological polar surface area (TPSA) is 49.8 Å². The Morgan fingerprint density at radius 1 is 0.947 bits per heavy atom. The van der Waals surface area contributed by atoms with E-state index in [0.717, 1.165) is 36.0 Å². The Morgan fingerprint density at radius 2 is 1.68 bits per heavy atom. The van der Waals surface area contributed by atoms with Gasteiger partial charge in [-0.05, 0) is 37.6 Å². The van der Waals surface area contributed by atoms with Gasteiger partial charge in [-0.2, -0.15) is 0 Å². The summed E-state index contributed by atoms with van der Waals surface area (Å²) in [5, 5.41) is 6.57. The van der Waals surface area contributed by atoms with E-state index < -0.39 is 0 Å². The standard InChI is InChI=1S/C15H20N4/c1-3-10-16-14-8-5-9-15(19-14)17-11-13-7-4-6-12(2)18-13/h4-9H,3,10-11H2,1-2H3,(H2,16,17,19). The third kappa shape index (κ3) is 4.25. The van der Waals surface area contributed by atoms with Crippen LogP contribution in [-0.2, 0) is 6.54 Å². The number of aryl methyl sites for hydroxylation is 1. The number of hydrogen-bond acceptors (Lipinski definition) is 4. The molecule has 0 unspecified atom stereocenters. The van der Waals surface area contributed by atoms with Gasteiger partial charge in [0.2, 0.25) is 0 Å². The maximum Gasteiger partial charge on any atom is 0.128 e. The molecule has 0 bridgehead atoms. The maximum absolute atomic E-state index is 4.50. The highest BCUT2D eigenvalue weighted by Crippen LogP contribution is 2.10. The monoisotopic (exact) mass is 256 g/mol. The number of anilines is 2. The molecule has 0 aliphatic rings. The largest absolute Gasteiger partial charge is 0.370 e. The number of aromatic nitrogens is 2. The van der Waals surface area contributed by atoms with Crippen LogP contribution in [0, 0.1) is 6.92 Å². The molecule has 2 N–H and O–H groups in total. The summed E-state index contributed by atoms with van der Waals surface area (Å²) >= 11 is 0. The fourth-order valence-electron chi connectivity index (χ4n) is 1.76. The van der Waals surface area contributed by atoms with Gasteiger partial charge in [0.05, 0.1) is 12.2 Å². The molecule has 2 heterocycles. The van der Waals surface area contributed by atoms with Crippen LogP contribution in [0.25, 0.3) is 0 Å². The highest BCUT2D eigenvalue weighted by Gasteiger charge is 1.98. The van der Waals surface area contributed by atoms with Crippen LogP contribution in [0.1, 0.15) is 24.7 Å². The van der Waals surface area contributed by atoms with Crippen molar-refractivity contribution >= 4 is 11.6 Å². The maximum atomic E-state index is 4.50. The van der Waals surface area contributed by atoms with Gasteiger partial charge in [-0.15, -0.1) is 0 Å². The number of hydrogen-bond donors (Lipinski definition) is 2. The van der Waals surface area contributed by atoms with Crippen LogP contribution in [0.4, 0.5) is 11.6 Å². The normalized spacial score (nSPS) is 10.2. The molecule has 19 heavy (non-hydrogen) atoms. The van der Waals surface area contributed by atoms with Gasteiger partial charge in [0.15, 0.2) is 0 Å². The Hall–Kier alpha value is -2.10. The Balaban J connectivity index is 1.95. The second kappa shape index (κ2) is 6.73. The summed E-state index contributed by atoms with van der Waals surface area (Å²) in [6.07, 6.45) is 1.09. The molecule has 0 radical (unpaired) electrons. The number of nitrogens with zero attached hydrogens (tertiary/aromatic N) is 2. The van der Waals surface area contributed by atoms with E-state index in [-0.39, 0.29) is 0 Å². The first kappa shape index (κ1) is 13.3. The SMILES string of the molecule is CCCNc1cccc(NCc2cccc(C)n2)n1. The second-order valence-corrected chi connectivity index (χ2v) is 4.46. The van der Waals surface area contributed by atoms with Crippen LogP contribution in [0.2, 0.25) is 0 Å². The van der Waals surface area contributed by atoms with Gasteiger partial charge in [-0.25, -0.2) is 4.98 Å². The van der Waals surface area contributed by atoms with Crippen molar-refractivity contribution in [3.63, 3.8) is 0 Å². The molecule has 0 fully saturated rings. The lowest BCUT2D eigenvalue weighted by atomic mass is 10.3. The molecule has 0 spiro atoms. The summed E-state index contributed by atoms with van der Waals surface area (Å²) in [7, 11) is 0. The lowest BCUT2D eigenvalue weighted by Gasteiger charge is -2.08. The number of nitrogens with one attached hydrogen (secondary N) is 2. The van der Waals surface area contributed by atoms with Crippen molar-refractivity contribution in [2.24, 2.45) is 0 Å². The van der Waals surface area contributed by atoms with Crippen molar-refractivity contribution in [3.8, 4) is 0 Å². The third-order valence-corrected chi connectivity index (χ3v) is 2.70. The minimum atomic E-state index is 0.686. The molecule has 2 rings (SSSR count).